The van der Waals surface area contributed by atoms with Crippen molar-refractivity contribution in [3.05, 3.63) is 69.4 Å². The maximum absolute atomic E-state index is 12.6. The number of halogens is 1. The molecule has 0 aliphatic carbocycles. The first-order valence-corrected chi connectivity index (χ1v) is 9.09. The fourth-order valence-electron chi connectivity index (χ4n) is 2.74. The van der Waals surface area contributed by atoms with Crippen LogP contribution in [0.15, 0.2) is 54.7 Å². The van der Waals surface area contributed by atoms with Gasteiger partial charge in [-0.2, -0.15) is 5.26 Å². The quantitative estimate of drug-likeness (QED) is 0.316. The number of nitriles is 1. The number of Topliss-reactive ketones (excluding diaryl/α,β-unsaturated/α-hetero) is 1. The summed E-state index contributed by atoms with van der Waals surface area (Å²) >= 11 is 2.06. The predicted molar refractivity (Wildman–Crippen MR) is 106 cm³/mol. The molecule has 0 aliphatic rings. The number of fused-ring (bicyclic) bond motifs is 1. The standard InChI is InChI=1S/C20H15IN2O3/c21-17-8-3-1-7-15(17)20(25)26-13-19(24)16-12-23(11-5-10-22)18-9-4-2-6-14(16)18/h1-4,6-9,12H,5,11,13H2. The first-order chi connectivity index (χ1) is 12.6. The number of carbonyl (C=O) groups excluding carboxylic acids is 2. The highest BCUT2D eigenvalue weighted by atomic mass is 127. The van der Waals surface area contributed by atoms with Gasteiger partial charge in [0.15, 0.2) is 6.61 Å². The second-order valence-electron chi connectivity index (χ2n) is 5.64. The number of aromatic nitrogens is 1. The van der Waals surface area contributed by atoms with Crippen LogP contribution in [0.5, 0.6) is 0 Å². The van der Waals surface area contributed by atoms with Gasteiger partial charge in [0, 0.05) is 32.8 Å². The van der Waals surface area contributed by atoms with E-state index >= 15 is 0 Å². The van der Waals surface area contributed by atoms with Gasteiger partial charge in [0.05, 0.1) is 18.1 Å². The monoisotopic (exact) mass is 458 g/mol. The van der Waals surface area contributed by atoms with Crippen LogP contribution in [-0.4, -0.2) is 22.9 Å². The average Bonchev–Trinajstić information content (AvgIpc) is 3.03. The van der Waals surface area contributed by atoms with E-state index in [1.165, 1.54) is 0 Å². The summed E-state index contributed by atoms with van der Waals surface area (Å²) in [5, 5.41) is 9.60. The summed E-state index contributed by atoms with van der Waals surface area (Å²) in [7, 11) is 0. The van der Waals surface area contributed by atoms with Crippen molar-refractivity contribution in [3.8, 4) is 6.07 Å². The number of rotatable bonds is 6. The third-order valence-corrected chi connectivity index (χ3v) is 4.92. The highest BCUT2D eigenvalue weighted by Gasteiger charge is 2.18. The number of nitrogens with zero attached hydrogens (tertiary/aromatic N) is 2. The molecule has 0 atom stereocenters. The minimum atomic E-state index is -0.517. The maximum Gasteiger partial charge on any atom is 0.339 e. The number of carbonyl (C=O) groups is 2. The van der Waals surface area contributed by atoms with Gasteiger partial charge in [-0.15, -0.1) is 0 Å². The van der Waals surface area contributed by atoms with Crippen molar-refractivity contribution >= 4 is 45.2 Å². The molecule has 0 fully saturated rings. The molecule has 0 spiro atoms. The lowest BCUT2D eigenvalue weighted by molar-refractivity contribution is 0.0474. The molecule has 5 nitrogen and oxygen atoms in total. The van der Waals surface area contributed by atoms with E-state index in [-0.39, 0.29) is 12.4 Å². The molecule has 130 valence electrons. The molecule has 0 amide bonds. The van der Waals surface area contributed by atoms with Crippen LogP contribution < -0.4 is 0 Å². The van der Waals surface area contributed by atoms with E-state index in [4.69, 9.17) is 10.00 Å². The van der Waals surface area contributed by atoms with Gasteiger partial charge in [0.2, 0.25) is 5.78 Å². The van der Waals surface area contributed by atoms with Crippen LogP contribution in [0, 0.1) is 14.9 Å². The number of hydrogen-bond donors (Lipinski definition) is 0. The molecule has 0 saturated heterocycles. The van der Waals surface area contributed by atoms with E-state index in [0.717, 1.165) is 14.5 Å². The number of benzene rings is 2. The third-order valence-electron chi connectivity index (χ3n) is 3.98. The fraction of sp³-hybridized carbons (Fsp3) is 0.150. The zero-order valence-corrected chi connectivity index (χ0v) is 16.0. The molecule has 26 heavy (non-hydrogen) atoms. The minimum absolute atomic E-state index is 0.267. The Kier molecular flexibility index (Phi) is 5.68. The zero-order chi connectivity index (χ0) is 18.5. The van der Waals surface area contributed by atoms with Gasteiger partial charge in [-0.05, 0) is 40.8 Å². The number of ether oxygens (including phenoxy) is 1. The van der Waals surface area contributed by atoms with E-state index in [1.807, 2.05) is 41.0 Å². The summed E-state index contributed by atoms with van der Waals surface area (Å²) in [5.41, 5.74) is 1.82. The lowest BCUT2D eigenvalue weighted by Gasteiger charge is -2.05. The Hall–Kier alpha value is -2.66. The Morgan fingerprint density at radius 1 is 1.08 bits per heavy atom. The number of ketones is 1. The van der Waals surface area contributed by atoms with Crippen LogP contribution in [0.3, 0.4) is 0 Å². The largest absolute Gasteiger partial charge is 0.454 e. The number of para-hydroxylation sites is 1. The van der Waals surface area contributed by atoms with Crippen molar-refractivity contribution in [3.63, 3.8) is 0 Å². The minimum Gasteiger partial charge on any atom is -0.454 e. The Labute approximate surface area is 164 Å². The molecule has 3 aromatic rings. The molecule has 6 heteroatoms. The molecule has 0 radical (unpaired) electrons. The SMILES string of the molecule is N#CCCn1cc(C(=O)COC(=O)c2ccccc2I)c2ccccc21. The van der Waals surface area contributed by atoms with Gasteiger partial charge in [-0.3, -0.25) is 4.79 Å². The maximum atomic E-state index is 12.6. The van der Waals surface area contributed by atoms with Crippen molar-refractivity contribution in [2.45, 2.75) is 13.0 Å². The number of aryl methyl sites for hydroxylation is 1. The normalized spacial score (nSPS) is 10.5. The molecule has 0 bridgehead atoms. The van der Waals surface area contributed by atoms with Crippen LogP contribution in [0.25, 0.3) is 10.9 Å². The average molecular weight is 458 g/mol. The summed E-state index contributed by atoms with van der Waals surface area (Å²) in [6, 6.07) is 16.7. The molecule has 0 unspecified atom stereocenters. The second kappa shape index (κ2) is 8.15. The lowest BCUT2D eigenvalue weighted by Crippen LogP contribution is -2.15. The molecule has 2 aromatic carbocycles. The molecular formula is C20H15IN2O3. The first-order valence-electron chi connectivity index (χ1n) is 8.01. The summed E-state index contributed by atoms with van der Waals surface area (Å²) in [4.78, 5) is 24.8. The van der Waals surface area contributed by atoms with Crippen molar-refractivity contribution in [2.24, 2.45) is 0 Å². The first kappa shape index (κ1) is 18.1. The third kappa shape index (κ3) is 3.78. The molecular weight excluding hydrogens is 443 g/mol. The van der Waals surface area contributed by atoms with Crippen molar-refractivity contribution < 1.29 is 14.3 Å². The zero-order valence-electron chi connectivity index (χ0n) is 13.8. The van der Waals surface area contributed by atoms with Crippen LogP contribution in [-0.2, 0) is 11.3 Å². The Bertz CT molecular complexity index is 1020. The fourth-order valence-corrected chi connectivity index (χ4v) is 3.35. The smallest absolute Gasteiger partial charge is 0.339 e. The molecule has 1 heterocycles. The van der Waals surface area contributed by atoms with E-state index < -0.39 is 5.97 Å². The molecule has 0 saturated carbocycles. The van der Waals surface area contributed by atoms with E-state index in [2.05, 4.69) is 28.7 Å². The summed E-state index contributed by atoms with van der Waals surface area (Å²) in [5.74, 6) is -0.784. The Morgan fingerprint density at radius 3 is 2.58 bits per heavy atom. The second-order valence-corrected chi connectivity index (χ2v) is 6.80. The van der Waals surface area contributed by atoms with Gasteiger partial charge >= 0.3 is 5.97 Å². The van der Waals surface area contributed by atoms with Crippen LogP contribution in [0.2, 0.25) is 0 Å². The number of esters is 1. The summed E-state index contributed by atoms with van der Waals surface area (Å²) in [6.45, 7) is 0.183. The van der Waals surface area contributed by atoms with Crippen LogP contribution in [0.4, 0.5) is 0 Å². The number of hydrogen-bond acceptors (Lipinski definition) is 4. The van der Waals surface area contributed by atoms with Crippen molar-refractivity contribution in [1.29, 1.82) is 5.26 Å². The Balaban J connectivity index is 1.79. The highest BCUT2D eigenvalue weighted by Crippen LogP contribution is 2.22. The topological polar surface area (TPSA) is 72.1 Å². The van der Waals surface area contributed by atoms with E-state index in [0.29, 0.717) is 24.1 Å². The van der Waals surface area contributed by atoms with E-state index in [1.54, 1.807) is 18.3 Å². The molecule has 0 N–H and O–H groups in total. The Morgan fingerprint density at radius 2 is 1.81 bits per heavy atom. The van der Waals surface area contributed by atoms with Gasteiger partial charge in [0.25, 0.3) is 0 Å². The van der Waals surface area contributed by atoms with Gasteiger partial charge in [-0.1, -0.05) is 30.3 Å². The summed E-state index contributed by atoms with van der Waals surface area (Å²) in [6.07, 6.45) is 2.08. The van der Waals surface area contributed by atoms with Crippen molar-refractivity contribution in [2.75, 3.05) is 6.61 Å². The molecule has 3 rings (SSSR count). The molecule has 1 aromatic heterocycles. The van der Waals surface area contributed by atoms with Crippen LogP contribution >= 0.6 is 22.6 Å². The van der Waals surface area contributed by atoms with E-state index in [9.17, 15) is 9.59 Å². The van der Waals surface area contributed by atoms with Gasteiger partial charge < -0.3 is 9.30 Å². The van der Waals surface area contributed by atoms with Gasteiger partial charge in [-0.25, -0.2) is 4.79 Å². The lowest BCUT2D eigenvalue weighted by atomic mass is 10.1. The summed E-state index contributed by atoms with van der Waals surface area (Å²) < 4.78 is 7.87. The van der Waals surface area contributed by atoms with Gasteiger partial charge in [0.1, 0.15) is 0 Å². The van der Waals surface area contributed by atoms with Crippen molar-refractivity contribution in [1.82, 2.24) is 4.57 Å². The highest BCUT2D eigenvalue weighted by molar-refractivity contribution is 14.1. The predicted octanol–water partition coefficient (Wildman–Crippen LogP) is 4.20. The molecule has 0 aliphatic heterocycles. The van der Waals surface area contributed by atoms with Crippen LogP contribution in [0.1, 0.15) is 27.1 Å².